The van der Waals surface area contributed by atoms with E-state index in [4.69, 9.17) is 17.0 Å². The van der Waals surface area contributed by atoms with Gasteiger partial charge in [-0.05, 0) is 25.3 Å². The van der Waals surface area contributed by atoms with Crippen LogP contribution < -0.4 is 0 Å². The predicted molar refractivity (Wildman–Crippen MR) is 105 cm³/mol. The maximum absolute atomic E-state index is 4.93. The van der Waals surface area contributed by atoms with Gasteiger partial charge in [0, 0.05) is 0 Å². The van der Waals surface area contributed by atoms with Crippen LogP contribution in [0.25, 0.3) is 21.9 Å². The fourth-order valence-electron chi connectivity index (χ4n) is 3.37. The van der Waals surface area contributed by atoms with Gasteiger partial charge in [-0.15, -0.1) is 34.5 Å². The summed E-state index contributed by atoms with van der Waals surface area (Å²) < 4.78 is 0. The molecule has 0 heterocycles. The van der Waals surface area contributed by atoms with Gasteiger partial charge in [-0.3, -0.25) is 0 Å². The van der Waals surface area contributed by atoms with Crippen LogP contribution >= 0.6 is 17.0 Å². The van der Waals surface area contributed by atoms with E-state index in [1.165, 1.54) is 44.2 Å². The molecule has 0 spiro atoms. The molecule has 0 saturated carbocycles. The van der Waals surface area contributed by atoms with Gasteiger partial charge in [0.05, 0.1) is 0 Å². The third kappa shape index (κ3) is 4.57. The second-order valence-corrected chi connectivity index (χ2v) is 10.4. The molecule has 0 saturated heterocycles. The molecular formula is C21H23Cl2Zr-. The van der Waals surface area contributed by atoms with E-state index in [1.54, 1.807) is 0 Å². The number of aryl methyl sites for hydroxylation is 3. The molecule has 3 aromatic carbocycles. The van der Waals surface area contributed by atoms with Crippen LogP contribution in [-0.4, -0.2) is 0 Å². The second-order valence-electron chi connectivity index (χ2n) is 6.67. The zero-order valence-corrected chi connectivity index (χ0v) is 18.8. The first-order valence-corrected chi connectivity index (χ1v) is 14.4. The minimum absolute atomic E-state index is 0.528. The molecule has 0 fully saturated rings. The van der Waals surface area contributed by atoms with Crippen molar-refractivity contribution in [3.63, 3.8) is 0 Å². The summed E-state index contributed by atoms with van der Waals surface area (Å²) in [5.74, 6) is 0.528. The molecule has 0 nitrogen and oxygen atoms in total. The number of rotatable bonds is 2. The number of fused-ring (bicyclic) bond motifs is 1. The van der Waals surface area contributed by atoms with Crippen molar-refractivity contribution >= 4 is 27.8 Å². The van der Waals surface area contributed by atoms with Gasteiger partial charge in [0.2, 0.25) is 0 Å². The normalized spacial score (nSPS) is 10.7. The maximum atomic E-state index is 4.93. The summed E-state index contributed by atoms with van der Waals surface area (Å²) in [6.45, 7) is 11.1. The van der Waals surface area contributed by atoms with E-state index in [0.717, 1.165) is 0 Å². The molecular weight excluding hydrogens is 414 g/mol. The van der Waals surface area contributed by atoms with Crippen molar-refractivity contribution in [2.24, 2.45) is 0 Å². The molecule has 3 rings (SSSR count). The fourth-order valence-corrected chi connectivity index (χ4v) is 3.37. The van der Waals surface area contributed by atoms with Crippen molar-refractivity contribution in [2.45, 2.75) is 40.5 Å². The van der Waals surface area contributed by atoms with Crippen molar-refractivity contribution in [1.29, 1.82) is 0 Å². The third-order valence-corrected chi connectivity index (χ3v) is 4.20. The van der Waals surface area contributed by atoms with Gasteiger partial charge in [-0.1, -0.05) is 61.2 Å². The molecule has 0 N–H and O–H groups in total. The molecule has 3 heteroatoms. The van der Waals surface area contributed by atoms with Gasteiger partial charge in [0.25, 0.3) is 0 Å². The molecule has 0 radical (unpaired) electrons. The summed E-state index contributed by atoms with van der Waals surface area (Å²) in [7, 11) is 9.87. The molecule has 0 aliphatic carbocycles. The van der Waals surface area contributed by atoms with Gasteiger partial charge < -0.3 is 0 Å². The first-order chi connectivity index (χ1) is 11.4. The number of halogens is 2. The number of hydrogen-bond acceptors (Lipinski definition) is 0. The zero-order chi connectivity index (χ0) is 17.9. The van der Waals surface area contributed by atoms with Crippen LogP contribution in [0.4, 0.5) is 0 Å². The molecule has 24 heavy (non-hydrogen) atoms. The molecule has 0 atom stereocenters. The average molecular weight is 438 g/mol. The van der Waals surface area contributed by atoms with Gasteiger partial charge in [-0.2, -0.15) is 6.07 Å². The summed E-state index contributed by atoms with van der Waals surface area (Å²) in [5.41, 5.74) is 8.23. The predicted octanol–water partition coefficient (Wildman–Crippen LogP) is 7.65. The Bertz CT molecular complexity index is 811. The Morgan fingerprint density at radius 1 is 0.917 bits per heavy atom. The van der Waals surface area contributed by atoms with Gasteiger partial charge in [0.1, 0.15) is 0 Å². The molecule has 0 aliphatic rings. The Morgan fingerprint density at radius 3 is 2.04 bits per heavy atom. The molecule has 0 unspecified atom stereocenters. The average Bonchev–Trinajstić information content (AvgIpc) is 2.85. The van der Waals surface area contributed by atoms with Crippen LogP contribution in [-0.2, 0) is 20.8 Å². The van der Waals surface area contributed by atoms with E-state index in [-0.39, 0.29) is 0 Å². The first kappa shape index (κ1) is 19.8. The molecule has 0 bridgehead atoms. The van der Waals surface area contributed by atoms with Crippen LogP contribution in [0.2, 0.25) is 0 Å². The second kappa shape index (κ2) is 8.75. The summed E-state index contributed by atoms with van der Waals surface area (Å²) >= 11 is -0.826. The van der Waals surface area contributed by atoms with E-state index >= 15 is 0 Å². The Labute approximate surface area is 164 Å². The van der Waals surface area contributed by atoms with Crippen molar-refractivity contribution < 1.29 is 20.8 Å². The van der Waals surface area contributed by atoms with E-state index in [1.807, 2.05) is 0 Å². The van der Waals surface area contributed by atoms with Crippen LogP contribution in [0.5, 0.6) is 0 Å². The van der Waals surface area contributed by atoms with Crippen molar-refractivity contribution in [2.75, 3.05) is 0 Å². The van der Waals surface area contributed by atoms with Gasteiger partial charge in [-0.25, -0.2) is 0 Å². The van der Waals surface area contributed by atoms with Crippen LogP contribution in [0.3, 0.4) is 0 Å². The molecule has 126 valence electrons. The summed E-state index contributed by atoms with van der Waals surface area (Å²) in [6, 6.07) is 16.1. The quantitative estimate of drug-likeness (QED) is 0.361. The molecule has 0 aliphatic heterocycles. The molecule has 0 aromatic heterocycles. The van der Waals surface area contributed by atoms with E-state index in [9.17, 15) is 0 Å². The SMILES string of the molecule is Cc1cc(C)cc(-c2c(C(C)C)ccc3[cH-]c(C)cc23)c1.[Cl][Zr][Cl]. The van der Waals surface area contributed by atoms with E-state index in [0.29, 0.717) is 5.92 Å². The van der Waals surface area contributed by atoms with Gasteiger partial charge >= 0.3 is 37.9 Å². The van der Waals surface area contributed by atoms with E-state index in [2.05, 4.69) is 77.1 Å². The number of hydrogen-bond donors (Lipinski definition) is 0. The van der Waals surface area contributed by atoms with Crippen molar-refractivity contribution in [3.8, 4) is 11.1 Å². The van der Waals surface area contributed by atoms with Crippen LogP contribution in [0.1, 0.15) is 42.0 Å². The van der Waals surface area contributed by atoms with Crippen LogP contribution in [0, 0.1) is 20.8 Å². The Balaban J connectivity index is 0.000000647. The topological polar surface area (TPSA) is 0 Å². The Kier molecular flexibility index (Phi) is 7.23. The summed E-state index contributed by atoms with van der Waals surface area (Å²) in [4.78, 5) is 0. The first-order valence-electron chi connectivity index (χ1n) is 8.12. The van der Waals surface area contributed by atoms with Crippen molar-refractivity contribution in [3.05, 3.63) is 64.7 Å². The standard InChI is InChI=1S/C21H23.2ClH.Zr/c1-13(2)19-7-6-17-9-16(5)12-20(17)21(19)18-10-14(3)8-15(4)11-18;;;/h6-13H,1-5H3;2*1H;/q-1;;;+2/p-2. The Hall–Kier alpha value is -0.487. The van der Waals surface area contributed by atoms with Crippen LogP contribution in [0.15, 0.2) is 42.5 Å². The summed E-state index contributed by atoms with van der Waals surface area (Å²) in [5, 5.41) is 2.75. The van der Waals surface area contributed by atoms with Gasteiger partial charge in [0.15, 0.2) is 0 Å². The Morgan fingerprint density at radius 2 is 1.50 bits per heavy atom. The zero-order valence-electron chi connectivity index (χ0n) is 14.9. The number of benzene rings is 2. The monoisotopic (exact) mass is 435 g/mol. The third-order valence-electron chi connectivity index (χ3n) is 4.20. The molecule has 3 aromatic rings. The van der Waals surface area contributed by atoms with E-state index < -0.39 is 20.8 Å². The summed E-state index contributed by atoms with van der Waals surface area (Å²) in [6.07, 6.45) is 0. The molecule has 0 amide bonds. The fraction of sp³-hybridized carbons (Fsp3) is 0.286. The minimum atomic E-state index is -0.826. The van der Waals surface area contributed by atoms with Crippen molar-refractivity contribution in [1.82, 2.24) is 0 Å².